The number of carbonyl (C=O) groups is 2. The Balaban J connectivity index is 2.66. The van der Waals surface area contributed by atoms with Crippen LogP contribution in [0.15, 0.2) is 12.1 Å². The summed E-state index contributed by atoms with van der Waals surface area (Å²) >= 11 is 0. The summed E-state index contributed by atoms with van der Waals surface area (Å²) < 4.78 is 11.3. The third-order valence-electron chi connectivity index (χ3n) is 3.15. The largest absolute Gasteiger partial charge is 0.490 e. The maximum Gasteiger partial charge on any atom is 0.271 e. The molecule has 0 radical (unpaired) electrons. The first kappa shape index (κ1) is 14.9. The van der Waals surface area contributed by atoms with Gasteiger partial charge in [-0.2, -0.15) is 0 Å². The number of hydrogen-bond donors (Lipinski definition) is 0. The van der Waals surface area contributed by atoms with E-state index in [9.17, 15) is 9.59 Å². The lowest BCUT2D eigenvalue weighted by Crippen LogP contribution is -2.52. The van der Waals surface area contributed by atoms with Gasteiger partial charge in [0.2, 0.25) is 0 Å². The van der Waals surface area contributed by atoms with Crippen LogP contribution in [0.1, 0.15) is 31.1 Å². The van der Waals surface area contributed by atoms with Gasteiger partial charge in [0.15, 0.2) is 17.1 Å². The number of terminal acetylenes is 1. The van der Waals surface area contributed by atoms with Crippen molar-refractivity contribution in [3.8, 4) is 23.8 Å². The second kappa shape index (κ2) is 5.49. The summed E-state index contributed by atoms with van der Waals surface area (Å²) in [7, 11) is 0. The summed E-state index contributed by atoms with van der Waals surface area (Å²) in [4.78, 5) is 25.0. The Labute approximate surface area is 123 Å². The summed E-state index contributed by atoms with van der Waals surface area (Å²) in [6.07, 6.45) is 6.04. The number of carbonyl (C=O) groups excluding carboxylic acids is 2. The van der Waals surface area contributed by atoms with Crippen molar-refractivity contribution in [1.29, 1.82) is 0 Å². The average Bonchev–Trinajstić information content (AvgIpc) is 2.44. The van der Waals surface area contributed by atoms with E-state index in [1.807, 2.05) is 6.92 Å². The molecule has 0 fully saturated rings. The third kappa shape index (κ3) is 2.57. The van der Waals surface area contributed by atoms with Gasteiger partial charge in [0.05, 0.1) is 18.8 Å². The van der Waals surface area contributed by atoms with Gasteiger partial charge in [-0.15, -0.1) is 6.42 Å². The topological polar surface area (TPSA) is 55.8 Å². The van der Waals surface area contributed by atoms with Crippen molar-refractivity contribution >= 4 is 17.9 Å². The Kier molecular flexibility index (Phi) is 3.90. The van der Waals surface area contributed by atoms with E-state index < -0.39 is 5.60 Å². The standard InChI is InChI=1S/C16H17NO4/c1-5-7-17-12-8-11(10-18)9-13(20-6-2)14(12)21-16(3,4)15(17)19/h1,8-10H,6-7H2,2-4H3. The quantitative estimate of drug-likeness (QED) is 0.628. The molecule has 0 aliphatic carbocycles. The van der Waals surface area contributed by atoms with Crippen LogP contribution in [0.4, 0.5) is 5.69 Å². The van der Waals surface area contributed by atoms with Gasteiger partial charge < -0.3 is 9.47 Å². The van der Waals surface area contributed by atoms with Crippen molar-refractivity contribution < 1.29 is 19.1 Å². The van der Waals surface area contributed by atoms with Crippen LogP contribution < -0.4 is 14.4 Å². The molecule has 1 amide bonds. The molecule has 0 aromatic heterocycles. The second-order valence-corrected chi connectivity index (χ2v) is 5.13. The van der Waals surface area contributed by atoms with Gasteiger partial charge in [0.1, 0.15) is 6.29 Å². The molecule has 1 aliphatic heterocycles. The first-order valence-corrected chi connectivity index (χ1v) is 6.65. The molecular formula is C16H17NO4. The van der Waals surface area contributed by atoms with Gasteiger partial charge >= 0.3 is 0 Å². The fourth-order valence-electron chi connectivity index (χ4n) is 2.22. The minimum atomic E-state index is -1.04. The molecule has 0 spiro atoms. The van der Waals surface area contributed by atoms with E-state index >= 15 is 0 Å². The fourth-order valence-corrected chi connectivity index (χ4v) is 2.22. The number of aldehydes is 1. The van der Waals surface area contributed by atoms with Crippen molar-refractivity contribution in [1.82, 2.24) is 0 Å². The molecule has 1 heterocycles. The minimum Gasteiger partial charge on any atom is -0.490 e. The van der Waals surface area contributed by atoms with Crippen molar-refractivity contribution in [3.63, 3.8) is 0 Å². The van der Waals surface area contributed by atoms with E-state index in [-0.39, 0.29) is 12.5 Å². The summed E-state index contributed by atoms with van der Waals surface area (Å²) in [6.45, 7) is 5.70. The van der Waals surface area contributed by atoms with Gasteiger partial charge in [-0.1, -0.05) is 5.92 Å². The van der Waals surface area contributed by atoms with Crippen LogP contribution in [-0.4, -0.2) is 30.9 Å². The first-order valence-electron chi connectivity index (χ1n) is 6.65. The Morgan fingerprint density at radius 1 is 1.48 bits per heavy atom. The van der Waals surface area contributed by atoms with Crippen molar-refractivity contribution in [2.24, 2.45) is 0 Å². The molecule has 110 valence electrons. The van der Waals surface area contributed by atoms with Crippen LogP contribution in [0, 0.1) is 12.3 Å². The van der Waals surface area contributed by atoms with Gasteiger partial charge in [-0.05, 0) is 32.9 Å². The Morgan fingerprint density at radius 3 is 2.76 bits per heavy atom. The minimum absolute atomic E-state index is 0.104. The number of anilines is 1. The lowest BCUT2D eigenvalue weighted by molar-refractivity contribution is -0.132. The molecule has 2 rings (SSSR count). The molecule has 5 nitrogen and oxygen atoms in total. The van der Waals surface area contributed by atoms with E-state index in [0.29, 0.717) is 35.6 Å². The van der Waals surface area contributed by atoms with Gasteiger partial charge in [-0.25, -0.2) is 0 Å². The number of hydrogen-bond acceptors (Lipinski definition) is 4. The van der Waals surface area contributed by atoms with Crippen LogP contribution in [0.2, 0.25) is 0 Å². The first-order chi connectivity index (χ1) is 9.94. The van der Waals surface area contributed by atoms with Crippen molar-refractivity contribution in [3.05, 3.63) is 17.7 Å². The maximum atomic E-state index is 12.4. The van der Waals surface area contributed by atoms with E-state index in [1.54, 1.807) is 26.0 Å². The van der Waals surface area contributed by atoms with Crippen LogP contribution >= 0.6 is 0 Å². The van der Waals surface area contributed by atoms with E-state index in [0.717, 1.165) is 0 Å². The highest BCUT2D eigenvalue weighted by molar-refractivity contribution is 6.04. The highest BCUT2D eigenvalue weighted by Crippen LogP contribution is 2.45. The predicted octanol–water partition coefficient (Wildman–Crippen LogP) is 2.04. The van der Waals surface area contributed by atoms with Crippen LogP contribution in [0.25, 0.3) is 0 Å². The second-order valence-electron chi connectivity index (χ2n) is 5.13. The fraction of sp³-hybridized carbons (Fsp3) is 0.375. The van der Waals surface area contributed by atoms with E-state index in [1.165, 1.54) is 4.90 Å². The van der Waals surface area contributed by atoms with E-state index in [4.69, 9.17) is 15.9 Å². The smallest absolute Gasteiger partial charge is 0.271 e. The zero-order valence-corrected chi connectivity index (χ0v) is 12.3. The number of nitrogens with zero attached hydrogens (tertiary/aromatic N) is 1. The maximum absolute atomic E-state index is 12.4. The molecule has 0 bridgehead atoms. The Bertz CT molecular complexity index is 628. The third-order valence-corrected chi connectivity index (χ3v) is 3.15. The highest BCUT2D eigenvalue weighted by atomic mass is 16.5. The van der Waals surface area contributed by atoms with Gasteiger partial charge in [0.25, 0.3) is 5.91 Å². The molecule has 0 N–H and O–H groups in total. The molecule has 1 aliphatic rings. The number of amides is 1. The monoisotopic (exact) mass is 287 g/mol. The number of ether oxygens (including phenoxy) is 2. The Morgan fingerprint density at radius 2 is 2.19 bits per heavy atom. The number of rotatable bonds is 4. The van der Waals surface area contributed by atoms with E-state index in [2.05, 4.69) is 5.92 Å². The highest BCUT2D eigenvalue weighted by Gasteiger charge is 2.42. The van der Waals surface area contributed by atoms with Crippen LogP contribution in [0.3, 0.4) is 0 Å². The molecule has 21 heavy (non-hydrogen) atoms. The lowest BCUT2D eigenvalue weighted by Gasteiger charge is -2.38. The predicted molar refractivity (Wildman–Crippen MR) is 78.9 cm³/mol. The molecule has 0 saturated heterocycles. The zero-order valence-electron chi connectivity index (χ0n) is 12.3. The van der Waals surface area contributed by atoms with Gasteiger partial charge in [0, 0.05) is 5.56 Å². The molecular weight excluding hydrogens is 270 g/mol. The van der Waals surface area contributed by atoms with Crippen LogP contribution in [-0.2, 0) is 4.79 Å². The molecule has 5 heteroatoms. The van der Waals surface area contributed by atoms with Crippen LogP contribution in [0.5, 0.6) is 11.5 Å². The summed E-state index contributed by atoms with van der Waals surface area (Å²) in [5.74, 6) is 3.07. The van der Waals surface area contributed by atoms with Gasteiger partial charge in [-0.3, -0.25) is 14.5 Å². The normalized spacial score (nSPS) is 15.7. The number of benzene rings is 1. The molecule has 0 saturated carbocycles. The van der Waals surface area contributed by atoms with Crippen molar-refractivity contribution in [2.45, 2.75) is 26.4 Å². The zero-order chi connectivity index (χ0) is 15.6. The Hall–Kier alpha value is -2.48. The molecule has 0 atom stereocenters. The summed E-state index contributed by atoms with van der Waals surface area (Å²) in [6, 6.07) is 3.17. The average molecular weight is 287 g/mol. The summed E-state index contributed by atoms with van der Waals surface area (Å²) in [5, 5.41) is 0. The lowest BCUT2D eigenvalue weighted by atomic mass is 10.0. The molecule has 0 unspecified atom stereocenters. The van der Waals surface area contributed by atoms with Crippen molar-refractivity contribution in [2.75, 3.05) is 18.1 Å². The number of fused-ring (bicyclic) bond motifs is 1. The molecule has 1 aromatic rings. The summed E-state index contributed by atoms with van der Waals surface area (Å²) in [5.41, 5.74) is -0.182. The molecule has 1 aromatic carbocycles. The SMILES string of the molecule is C#CCN1C(=O)C(C)(C)Oc2c(OCC)cc(C=O)cc21.